The van der Waals surface area contributed by atoms with Crippen LogP contribution in [0.2, 0.25) is 5.02 Å². The standard InChI is InChI=1S/C11H11BrClN3O2S/c12-7-1-2-10(13)11(3-7)16-19(17,18)9-4-8(5-14)15-6-9/h1-4,6,15-16H,5,14H2. The zero-order valence-corrected chi connectivity index (χ0v) is 12.8. The molecule has 19 heavy (non-hydrogen) atoms. The number of halogens is 2. The minimum Gasteiger partial charge on any atom is -0.363 e. The normalized spacial score (nSPS) is 11.5. The van der Waals surface area contributed by atoms with Crippen molar-refractivity contribution in [1.82, 2.24) is 4.98 Å². The molecule has 1 heterocycles. The van der Waals surface area contributed by atoms with Gasteiger partial charge in [-0.2, -0.15) is 0 Å². The van der Waals surface area contributed by atoms with Crippen LogP contribution in [0.25, 0.3) is 0 Å². The molecule has 0 saturated heterocycles. The van der Waals surface area contributed by atoms with E-state index in [0.29, 0.717) is 16.4 Å². The first-order valence-electron chi connectivity index (χ1n) is 5.27. The fourth-order valence-corrected chi connectivity index (χ4v) is 3.14. The van der Waals surface area contributed by atoms with Crippen molar-refractivity contribution in [3.8, 4) is 0 Å². The number of sulfonamides is 1. The Kier molecular flexibility index (Phi) is 4.19. The van der Waals surface area contributed by atoms with Crippen molar-refractivity contribution in [1.29, 1.82) is 0 Å². The SMILES string of the molecule is NCc1cc(S(=O)(=O)Nc2cc(Br)ccc2Cl)c[nH]1. The van der Waals surface area contributed by atoms with E-state index < -0.39 is 10.0 Å². The van der Waals surface area contributed by atoms with E-state index in [1.54, 1.807) is 18.2 Å². The summed E-state index contributed by atoms with van der Waals surface area (Å²) in [6.07, 6.45) is 1.39. The third-order valence-corrected chi connectivity index (χ3v) is 4.59. The molecule has 102 valence electrons. The van der Waals surface area contributed by atoms with Crippen LogP contribution in [0.4, 0.5) is 5.69 Å². The Morgan fingerprint density at radius 2 is 2.11 bits per heavy atom. The minimum atomic E-state index is -3.68. The zero-order valence-electron chi connectivity index (χ0n) is 9.65. The molecule has 0 bridgehead atoms. The summed E-state index contributed by atoms with van der Waals surface area (Å²) in [5.74, 6) is 0. The van der Waals surface area contributed by atoms with Gasteiger partial charge in [-0.1, -0.05) is 27.5 Å². The van der Waals surface area contributed by atoms with Crippen molar-refractivity contribution in [3.05, 3.63) is 45.7 Å². The number of aromatic nitrogens is 1. The van der Waals surface area contributed by atoms with Crippen LogP contribution in [0.3, 0.4) is 0 Å². The van der Waals surface area contributed by atoms with Crippen LogP contribution in [0.1, 0.15) is 5.69 Å². The topological polar surface area (TPSA) is 88.0 Å². The van der Waals surface area contributed by atoms with Gasteiger partial charge in [-0.05, 0) is 24.3 Å². The molecule has 0 fully saturated rings. The van der Waals surface area contributed by atoms with Crippen LogP contribution >= 0.6 is 27.5 Å². The van der Waals surface area contributed by atoms with Crippen molar-refractivity contribution < 1.29 is 8.42 Å². The van der Waals surface area contributed by atoms with Crippen molar-refractivity contribution in [2.75, 3.05) is 4.72 Å². The van der Waals surface area contributed by atoms with Gasteiger partial charge in [-0.3, -0.25) is 4.72 Å². The monoisotopic (exact) mass is 363 g/mol. The molecule has 0 aliphatic rings. The molecule has 0 radical (unpaired) electrons. The van der Waals surface area contributed by atoms with Gasteiger partial charge in [0, 0.05) is 22.9 Å². The Bertz CT molecular complexity index is 700. The highest BCUT2D eigenvalue weighted by molar-refractivity contribution is 9.10. The fraction of sp³-hybridized carbons (Fsp3) is 0.0909. The lowest BCUT2D eigenvalue weighted by atomic mass is 10.3. The summed E-state index contributed by atoms with van der Waals surface area (Å²) in [4.78, 5) is 2.90. The Morgan fingerprint density at radius 3 is 2.74 bits per heavy atom. The predicted octanol–water partition coefficient (Wildman–Crippen LogP) is 2.69. The van der Waals surface area contributed by atoms with Gasteiger partial charge in [0.05, 0.1) is 10.7 Å². The van der Waals surface area contributed by atoms with Crippen molar-refractivity contribution in [2.24, 2.45) is 5.73 Å². The van der Waals surface area contributed by atoms with E-state index in [4.69, 9.17) is 17.3 Å². The van der Waals surface area contributed by atoms with Crippen molar-refractivity contribution in [2.45, 2.75) is 11.4 Å². The molecule has 8 heteroatoms. The maximum atomic E-state index is 12.1. The molecule has 0 aliphatic heterocycles. The summed E-state index contributed by atoms with van der Waals surface area (Å²) < 4.78 is 27.5. The first kappa shape index (κ1) is 14.4. The molecule has 1 aromatic carbocycles. The molecule has 0 saturated carbocycles. The van der Waals surface area contributed by atoms with Gasteiger partial charge < -0.3 is 10.7 Å². The number of H-pyrrole nitrogens is 1. The van der Waals surface area contributed by atoms with Crippen LogP contribution in [0.5, 0.6) is 0 Å². The van der Waals surface area contributed by atoms with Crippen LogP contribution < -0.4 is 10.5 Å². The summed E-state index contributed by atoms with van der Waals surface area (Å²) >= 11 is 9.21. The second-order valence-electron chi connectivity index (χ2n) is 3.79. The minimum absolute atomic E-state index is 0.115. The Labute approximate surface area is 124 Å². The Morgan fingerprint density at radius 1 is 1.37 bits per heavy atom. The number of rotatable bonds is 4. The smallest absolute Gasteiger partial charge is 0.263 e. The van der Waals surface area contributed by atoms with Crippen molar-refractivity contribution in [3.63, 3.8) is 0 Å². The van der Waals surface area contributed by atoms with E-state index in [1.807, 2.05) is 0 Å². The Balaban J connectivity index is 2.33. The molecule has 5 nitrogen and oxygen atoms in total. The van der Waals surface area contributed by atoms with Crippen molar-refractivity contribution >= 4 is 43.2 Å². The van der Waals surface area contributed by atoms with E-state index >= 15 is 0 Å². The van der Waals surface area contributed by atoms with E-state index in [9.17, 15) is 8.42 Å². The Hall–Kier alpha value is -1.02. The molecule has 2 rings (SSSR count). The van der Waals surface area contributed by atoms with E-state index in [1.165, 1.54) is 12.3 Å². The molecule has 0 amide bonds. The summed E-state index contributed by atoms with van der Waals surface area (Å²) in [6.45, 7) is 0.243. The third-order valence-electron chi connectivity index (χ3n) is 2.42. The van der Waals surface area contributed by atoms with Gasteiger partial charge in [0.1, 0.15) is 4.90 Å². The highest BCUT2D eigenvalue weighted by atomic mass is 79.9. The third kappa shape index (κ3) is 3.30. The lowest BCUT2D eigenvalue weighted by Crippen LogP contribution is -2.12. The van der Waals surface area contributed by atoms with Gasteiger partial charge in [0.2, 0.25) is 0 Å². The largest absolute Gasteiger partial charge is 0.363 e. The summed E-state index contributed by atoms with van der Waals surface area (Å²) in [7, 11) is -3.68. The lowest BCUT2D eigenvalue weighted by Gasteiger charge is -2.08. The average Bonchev–Trinajstić information content (AvgIpc) is 2.83. The van der Waals surface area contributed by atoms with Crippen LogP contribution in [-0.4, -0.2) is 13.4 Å². The van der Waals surface area contributed by atoms with Gasteiger partial charge in [-0.15, -0.1) is 0 Å². The summed E-state index contributed by atoms with van der Waals surface area (Å²) in [5.41, 5.74) is 6.38. The van der Waals surface area contributed by atoms with Gasteiger partial charge in [-0.25, -0.2) is 8.42 Å². The fourth-order valence-electron chi connectivity index (χ4n) is 1.47. The number of anilines is 1. The predicted molar refractivity (Wildman–Crippen MR) is 78.6 cm³/mol. The van der Waals surface area contributed by atoms with E-state index in [2.05, 4.69) is 25.6 Å². The molecule has 0 spiro atoms. The van der Waals surface area contributed by atoms with Crippen LogP contribution in [0.15, 0.2) is 39.8 Å². The maximum Gasteiger partial charge on any atom is 0.263 e. The quantitative estimate of drug-likeness (QED) is 0.779. The molecule has 0 unspecified atom stereocenters. The van der Waals surface area contributed by atoms with Crippen LogP contribution in [0, 0.1) is 0 Å². The van der Waals surface area contributed by atoms with Gasteiger partial charge in [0.25, 0.3) is 10.0 Å². The number of benzene rings is 1. The second-order valence-corrected chi connectivity index (χ2v) is 6.80. The maximum absolute atomic E-state index is 12.1. The number of aromatic amines is 1. The molecule has 2 aromatic rings. The average molecular weight is 365 g/mol. The van der Waals surface area contributed by atoms with E-state index in [0.717, 1.165) is 4.47 Å². The molecule has 0 aliphatic carbocycles. The van der Waals surface area contributed by atoms with E-state index in [-0.39, 0.29) is 11.4 Å². The highest BCUT2D eigenvalue weighted by Crippen LogP contribution is 2.28. The number of hydrogen-bond acceptors (Lipinski definition) is 3. The molecule has 4 N–H and O–H groups in total. The number of nitrogens with one attached hydrogen (secondary N) is 2. The van der Waals surface area contributed by atoms with Gasteiger partial charge in [0.15, 0.2) is 0 Å². The number of hydrogen-bond donors (Lipinski definition) is 3. The summed E-state index contributed by atoms with van der Waals surface area (Å²) in [6, 6.07) is 6.40. The molecular weight excluding hydrogens is 354 g/mol. The highest BCUT2D eigenvalue weighted by Gasteiger charge is 2.17. The second kappa shape index (κ2) is 5.54. The summed E-state index contributed by atoms with van der Waals surface area (Å²) in [5, 5.41) is 0.321. The zero-order chi connectivity index (χ0) is 14.0. The first-order chi connectivity index (χ1) is 8.92. The van der Waals surface area contributed by atoms with Crippen LogP contribution in [-0.2, 0) is 16.6 Å². The molecular formula is C11H11BrClN3O2S. The molecule has 0 atom stereocenters. The molecule has 1 aromatic heterocycles. The van der Waals surface area contributed by atoms with Gasteiger partial charge >= 0.3 is 0 Å². The number of nitrogens with two attached hydrogens (primary N) is 1. The first-order valence-corrected chi connectivity index (χ1v) is 7.93. The lowest BCUT2D eigenvalue weighted by molar-refractivity contribution is 0.601.